The van der Waals surface area contributed by atoms with E-state index >= 15 is 0 Å². The average molecular weight is 594 g/mol. The van der Waals surface area contributed by atoms with Crippen LogP contribution in [0.2, 0.25) is 0 Å². The van der Waals surface area contributed by atoms with E-state index in [1.165, 1.54) is 0 Å². The van der Waals surface area contributed by atoms with Crippen molar-refractivity contribution in [3.8, 4) is 0 Å². The minimum Gasteiger partial charge on any atom is -0.394 e. The fraction of sp³-hybridized carbons (Fsp3) is 0.618. The first-order valence-electron chi connectivity index (χ1n) is 15.2. The molecule has 3 amide bonds. The molecule has 0 aliphatic carbocycles. The van der Waals surface area contributed by atoms with Crippen LogP contribution in [0.5, 0.6) is 0 Å². The monoisotopic (exact) mass is 593 g/mol. The normalized spacial score (nSPS) is 32.2. The zero-order chi connectivity index (χ0) is 30.8. The number of fused-ring (bicyclic) bond motifs is 2. The summed E-state index contributed by atoms with van der Waals surface area (Å²) < 4.78 is -1.62. The molecule has 4 aliphatic heterocycles. The van der Waals surface area contributed by atoms with Crippen molar-refractivity contribution in [1.29, 1.82) is 0 Å². The van der Waals surface area contributed by atoms with Gasteiger partial charge >= 0.3 is 0 Å². The third-order valence-electron chi connectivity index (χ3n) is 9.57. The van der Waals surface area contributed by atoms with Gasteiger partial charge < -0.3 is 19.8 Å². The number of aliphatic hydroxyl groups is 1. The van der Waals surface area contributed by atoms with E-state index in [1.807, 2.05) is 68.2 Å². The molecule has 7 nitrogen and oxygen atoms in total. The summed E-state index contributed by atoms with van der Waals surface area (Å²) >= 11 is 1.59. The summed E-state index contributed by atoms with van der Waals surface area (Å²) in [5.74, 6) is -1.89. The summed E-state index contributed by atoms with van der Waals surface area (Å²) in [5.41, 5.74) is 0.304. The molecule has 228 valence electrons. The number of thioether (sulfide) groups is 1. The van der Waals surface area contributed by atoms with Crippen molar-refractivity contribution in [2.75, 3.05) is 24.6 Å². The maximum atomic E-state index is 14.9. The van der Waals surface area contributed by atoms with E-state index in [0.29, 0.717) is 13.1 Å². The number of anilines is 1. The van der Waals surface area contributed by atoms with Gasteiger partial charge in [0.05, 0.1) is 29.2 Å². The van der Waals surface area contributed by atoms with E-state index in [1.54, 1.807) is 21.6 Å². The molecule has 0 radical (unpaired) electrons. The molecule has 1 N–H and O–H groups in total. The van der Waals surface area contributed by atoms with Crippen LogP contribution >= 0.6 is 11.8 Å². The third-order valence-corrected chi connectivity index (χ3v) is 11.4. The fourth-order valence-corrected chi connectivity index (χ4v) is 10.4. The molecule has 1 aromatic rings. The molecule has 0 bridgehead atoms. The molecule has 1 unspecified atom stereocenters. The number of aliphatic hydroxyl groups excluding tert-OH is 1. The molecule has 1 aromatic carbocycles. The molecule has 6 atom stereocenters. The number of hydrogen-bond donors (Lipinski definition) is 1. The smallest absolute Gasteiger partial charge is 0.247 e. The first kappa shape index (κ1) is 30.9. The quantitative estimate of drug-likeness (QED) is 0.475. The van der Waals surface area contributed by atoms with Crippen LogP contribution in [0.3, 0.4) is 0 Å². The maximum absolute atomic E-state index is 14.9. The van der Waals surface area contributed by atoms with Gasteiger partial charge in [-0.05, 0) is 50.7 Å². The van der Waals surface area contributed by atoms with E-state index in [-0.39, 0.29) is 35.7 Å². The van der Waals surface area contributed by atoms with Gasteiger partial charge in [0, 0.05) is 29.1 Å². The van der Waals surface area contributed by atoms with E-state index < -0.39 is 39.0 Å². The van der Waals surface area contributed by atoms with Crippen molar-refractivity contribution in [2.24, 2.45) is 23.2 Å². The van der Waals surface area contributed by atoms with Crippen molar-refractivity contribution < 1.29 is 19.5 Å². The minimum absolute atomic E-state index is 0.0162. The highest BCUT2D eigenvalue weighted by atomic mass is 32.2. The molecule has 2 fully saturated rings. The molecule has 1 spiro atoms. The molecule has 2 saturated heterocycles. The Balaban J connectivity index is 1.67. The van der Waals surface area contributed by atoms with Gasteiger partial charge in [0.25, 0.3) is 0 Å². The molecular weight excluding hydrogens is 546 g/mol. The largest absolute Gasteiger partial charge is 0.394 e. The van der Waals surface area contributed by atoms with Gasteiger partial charge in [-0.2, -0.15) is 0 Å². The van der Waals surface area contributed by atoms with E-state index in [2.05, 4.69) is 46.8 Å². The Morgan fingerprint density at radius 1 is 0.929 bits per heavy atom. The van der Waals surface area contributed by atoms with Gasteiger partial charge in [0.2, 0.25) is 17.7 Å². The van der Waals surface area contributed by atoms with Gasteiger partial charge in [0.15, 0.2) is 0 Å². The second-order valence-corrected chi connectivity index (χ2v) is 16.6. The SMILES string of the molecule is CC(C)[C@H](CO)N1C(=O)[C@@H]2[C@H]3C(=O)N(c4ccccc4)CC=C[C@@]3(C)S[C@@]23C=CCN(C(C)(C)CC(C)(C)C)C(=O)C13. The predicted octanol–water partition coefficient (Wildman–Crippen LogP) is 4.91. The minimum atomic E-state index is -0.942. The van der Waals surface area contributed by atoms with Crippen molar-refractivity contribution in [3.63, 3.8) is 0 Å². The Labute approximate surface area is 255 Å². The highest BCUT2D eigenvalue weighted by Crippen LogP contribution is 2.66. The van der Waals surface area contributed by atoms with Crippen LogP contribution < -0.4 is 4.90 Å². The van der Waals surface area contributed by atoms with Crippen LogP contribution in [0.1, 0.15) is 61.8 Å². The Morgan fingerprint density at radius 2 is 1.57 bits per heavy atom. The average Bonchev–Trinajstić information content (AvgIpc) is 3.14. The Bertz CT molecular complexity index is 1300. The van der Waals surface area contributed by atoms with Gasteiger partial charge in [-0.3, -0.25) is 14.4 Å². The van der Waals surface area contributed by atoms with Crippen LogP contribution in [0.25, 0.3) is 0 Å². The maximum Gasteiger partial charge on any atom is 0.247 e. The molecule has 4 heterocycles. The van der Waals surface area contributed by atoms with Crippen LogP contribution in [0.15, 0.2) is 54.6 Å². The zero-order valence-corrected chi connectivity index (χ0v) is 27.1. The predicted molar refractivity (Wildman–Crippen MR) is 169 cm³/mol. The number of amides is 3. The number of nitrogens with zero attached hydrogens (tertiary/aromatic N) is 3. The molecule has 0 aromatic heterocycles. The van der Waals surface area contributed by atoms with Crippen LogP contribution in [-0.4, -0.2) is 79.4 Å². The highest BCUT2D eigenvalue weighted by molar-refractivity contribution is 8.02. The number of hydrogen-bond acceptors (Lipinski definition) is 5. The molecule has 42 heavy (non-hydrogen) atoms. The standard InChI is InChI=1S/C34H47N3O4S/c1-22(2)24(20-38)37-27-30(41)36(32(6,7)21-31(3,4)5)19-13-17-34(27)26(29(37)40)25-28(39)35(23-14-10-9-11-15-23)18-12-16-33(25,8)42-34/h9-17,22,24-27,38H,18-21H2,1-8H3/t24-,25-,26-,27?,33+,34-/m0/s1. The lowest BCUT2D eigenvalue weighted by Crippen LogP contribution is -2.61. The van der Waals surface area contributed by atoms with E-state index in [4.69, 9.17) is 0 Å². The fourth-order valence-electron chi connectivity index (χ4n) is 8.22. The molecular formula is C34H47N3O4S. The van der Waals surface area contributed by atoms with Crippen LogP contribution in [0.4, 0.5) is 5.69 Å². The molecule has 0 saturated carbocycles. The van der Waals surface area contributed by atoms with E-state index in [9.17, 15) is 19.5 Å². The summed E-state index contributed by atoms with van der Waals surface area (Å²) in [6, 6.07) is 8.22. The van der Waals surface area contributed by atoms with Crippen molar-refractivity contribution in [3.05, 3.63) is 54.6 Å². The topological polar surface area (TPSA) is 81.2 Å². The number of benzene rings is 1. The Kier molecular flexibility index (Phi) is 7.75. The summed E-state index contributed by atoms with van der Waals surface area (Å²) in [5, 5.41) is 10.6. The van der Waals surface area contributed by atoms with Crippen molar-refractivity contribution >= 4 is 35.2 Å². The van der Waals surface area contributed by atoms with E-state index in [0.717, 1.165) is 12.1 Å². The number of likely N-dealkylation sites (tertiary alicyclic amines) is 1. The van der Waals surface area contributed by atoms with Gasteiger partial charge in [-0.1, -0.05) is 77.1 Å². The third kappa shape index (κ3) is 4.83. The lowest BCUT2D eigenvalue weighted by molar-refractivity contribution is -0.150. The summed E-state index contributed by atoms with van der Waals surface area (Å²) in [4.78, 5) is 49.6. The van der Waals surface area contributed by atoms with Crippen LogP contribution in [-0.2, 0) is 14.4 Å². The number of rotatable bonds is 6. The summed E-state index contributed by atoms with van der Waals surface area (Å²) in [6.07, 6.45) is 9.00. The number of para-hydroxylation sites is 1. The lowest BCUT2D eigenvalue weighted by Gasteiger charge is -2.46. The lowest BCUT2D eigenvalue weighted by atomic mass is 9.74. The van der Waals surface area contributed by atoms with Crippen molar-refractivity contribution in [2.45, 2.75) is 88.9 Å². The van der Waals surface area contributed by atoms with Gasteiger partial charge in [-0.15, -0.1) is 11.8 Å². The first-order chi connectivity index (χ1) is 19.6. The molecule has 5 rings (SSSR count). The zero-order valence-electron chi connectivity index (χ0n) is 26.3. The summed E-state index contributed by atoms with van der Waals surface area (Å²) in [6.45, 7) is 17.3. The highest BCUT2D eigenvalue weighted by Gasteiger charge is 2.75. The first-order valence-corrected chi connectivity index (χ1v) is 16.1. The van der Waals surface area contributed by atoms with Crippen LogP contribution in [0, 0.1) is 23.2 Å². The number of carbonyl (C=O) groups excluding carboxylic acids is 3. The second-order valence-electron chi connectivity index (χ2n) is 14.8. The Hall–Kier alpha value is -2.58. The molecule has 4 aliphatic rings. The molecule has 8 heteroatoms. The Morgan fingerprint density at radius 3 is 2.17 bits per heavy atom. The summed E-state index contributed by atoms with van der Waals surface area (Å²) in [7, 11) is 0. The number of carbonyl (C=O) groups is 3. The second kappa shape index (κ2) is 10.5. The van der Waals surface area contributed by atoms with Gasteiger partial charge in [0.1, 0.15) is 6.04 Å². The van der Waals surface area contributed by atoms with Crippen molar-refractivity contribution in [1.82, 2.24) is 9.80 Å². The van der Waals surface area contributed by atoms with Gasteiger partial charge in [-0.25, -0.2) is 0 Å².